The van der Waals surface area contributed by atoms with Crippen LogP contribution in [0.1, 0.15) is 49.9 Å². The zero-order valence-electron chi connectivity index (χ0n) is 11.4. The Balaban J connectivity index is 2.28. The summed E-state index contributed by atoms with van der Waals surface area (Å²) < 4.78 is 0. The van der Waals surface area contributed by atoms with E-state index in [2.05, 4.69) is 18.4 Å². The van der Waals surface area contributed by atoms with Gasteiger partial charge in [0.05, 0.1) is 6.04 Å². The highest BCUT2D eigenvalue weighted by Gasteiger charge is 2.17. The predicted molar refractivity (Wildman–Crippen MR) is 77.6 cm³/mol. The highest BCUT2D eigenvalue weighted by atomic mass is 32.1. The van der Waals surface area contributed by atoms with Crippen LogP contribution in [0.5, 0.6) is 0 Å². The fourth-order valence-electron chi connectivity index (χ4n) is 1.89. The van der Waals surface area contributed by atoms with Crippen molar-refractivity contribution in [1.29, 1.82) is 0 Å². The molecule has 0 aromatic carbocycles. The molecule has 2 N–H and O–H groups in total. The number of nitrogens with two attached hydrogens (primary N) is 1. The van der Waals surface area contributed by atoms with Crippen molar-refractivity contribution in [2.75, 3.05) is 13.6 Å². The summed E-state index contributed by atoms with van der Waals surface area (Å²) in [5.74, 6) is 0.239. The minimum absolute atomic E-state index is 0.182. The maximum Gasteiger partial charge on any atom is 0.222 e. The number of carbonyl (C=O) groups is 1. The molecule has 0 bridgehead atoms. The summed E-state index contributed by atoms with van der Waals surface area (Å²) in [6.07, 6.45) is 4.92. The summed E-state index contributed by atoms with van der Waals surface area (Å²) in [7, 11) is 1.90. The number of rotatable bonds is 8. The maximum atomic E-state index is 12.0. The van der Waals surface area contributed by atoms with Crippen molar-refractivity contribution >= 4 is 17.2 Å². The molecule has 0 aliphatic heterocycles. The fraction of sp³-hybridized carbons (Fsp3) is 0.643. The second-order valence-electron chi connectivity index (χ2n) is 4.65. The summed E-state index contributed by atoms with van der Waals surface area (Å²) in [6.45, 7) is 2.83. The summed E-state index contributed by atoms with van der Waals surface area (Å²) in [4.78, 5) is 15.1. The van der Waals surface area contributed by atoms with Crippen molar-refractivity contribution in [1.82, 2.24) is 4.90 Å². The molecule has 1 amide bonds. The van der Waals surface area contributed by atoms with Crippen LogP contribution in [0.25, 0.3) is 0 Å². The quantitative estimate of drug-likeness (QED) is 0.736. The maximum absolute atomic E-state index is 12.0. The minimum atomic E-state index is 0.182. The number of unbranched alkanes of at least 4 members (excludes halogenated alkanes) is 3. The van der Waals surface area contributed by atoms with E-state index in [-0.39, 0.29) is 11.9 Å². The largest absolute Gasteiger partial charge is 0.338 e. The lowest BCUT2D eigenvalue weighted by molar-refractivity contribution is -0.131. The number of thiophene rings is 1. The molecule has 1 aromatic rings. The average Bonchev–Trinajstić information content (AvgIpc) is 2.90. The van der Waals surface area contributed by atoms with Crippen molar-refractivity contribution in [3.63, 3.8) is 0 Å². The summed E-state index contributed by atoms with van der Waals surface area (Å²) in [5, 5.41) is 2.05. The van der Waals surface area contributed by atoms with Gasteiger partial charge in [-0.3, -0.25) is 4.79 Å². The number of amides is 1. The molecule has 3 nitrogen and oxygen atoms in total. The van der Waals surface area contributed by atoms with E-state index in [0.29, 0.717) is 6.42 Å². The number of carbonyl (C=O) groups excluding carboxylic acids is 1. The number of hydrogen-bond acceptors (Lipinski definition) is 3. The van der Waals surface area contributed by atoms with Crippen molar-refractivity contribution in [2.45, 2.75) is 45.1 Å². The third kappa shape index (κ3) is 4.78. The summed E-state index contributed by atoms with van der Waals surface area (Å²) in [5.41, 5.74) is 5.44. The fourth-order valence-corrected chi connectivity index (χ4v) is 2.71. The van der Waals surface area contributed by atoms with E-state index in [9.17, 15) is 4.79 Å². The Morgan fingerprint density at radius 3 is 2.72 bits per heavy atom. The van der Waals surface area contributed by atoms with Crippen molar-refractivity contribution in [2.24, 2.45) is 5.73 Å². The minimum Gasteiger partial charge on any atom is -0.338 e. The molecule has 1 unspecified atom stereocenters. The summed E-state index contributed by atoms with van der Waals surface area (Å²) >= 11 is 1.70. The van der Waals surface area contributed by atoms with Gasteiger partial charge in [0.15, 0.2) is 0 Å². The van der Waals surface area contributed by atoms with Gasteiger partial charge in [0.2, 0.25) is 5.91 Å². The van der Waals surface area contributed by atoms with Crippen LogP contribution in [0.4, 0.5) is 0 Å². The van der Waals surface area contributed by atoms with E-state index in [1.165, 1.54) is 4.88 Å². The van der Waals surface area contributed by atoms with Gasteiger partial charge in [0, 0.05) is 18.3 Å². The molecule has 0 fully saturated rings. The monoisotopic (exact) mass is 268 g/mol. The van der Waals surface area contributed by atoms with Gasteiger partial charge in [-0.15, -0.1) is 11.3 Å². The molecule has 102 valence electrons. The second kappa shape index (κ2) is 8.27. The van der Waals surface area contributed by atoms with E-state index in [1.807, 2.05) is 18.0 Å². The van der Waals surface area contributed by atoms with Gasteiger partial charge < -0.3 is 10.6 Å². The number of nitrogens with zero attached hydrogens (tertiary/aromatic N) is 1. The molecule has 1 aromatic heterocycles. The van der Waals surface area contributed by atoms with Crippen LogP contribution in [-0.2, 0) is 4.79 Å². The van der Waals surface area contributed by atoms with Gasteiger partial charge in [0.25, 0.3) is 0 Å². The molecule has 0 aliphatic rings. The second-order valence-corrected chi connectivity index (χ2v) is 5.63. The zero-order chi connectivity index (χ0) is 13.4. The van der Waals surface area contributed by atoms with E-state index < -0.39 is 0 Å². The first kappa shape index (κ1) is 15.2. The average molecular weight is 268 g/mol. The van der Waals surface area contributed by atoms with Gasteiger partial charge in [-0.2, -0.15) is 0 Å². The molecule has 1 heterocycles. The van der Waals surface area contributed by atoms with E-state index in [0.717, 1.165) is 32.2 Å². The first-order chi connectivity index (χ1) is 8.66. The third-order valence-electron chi connectivity index (χ3n) is 3.27. The molecule has 0 spiro atoms. The topological polar surface area (TPSA) is 46.3 Å². The highest BCUT2D eigenvalue weighted by molar-refractivity contribution is 7.10. The van der Waals surface area contributed by atoms with Crippen LogP contribution in [0.15, 0.2) is 17.5 Å². The Morgan fingerprint density at radius 1 is 1.39 bits per heavy atom. The van der Waals surface area contributed by atoms with Crippen molar-refractivity contribution in [3.05, 3.63) is 22.4 Å². The highest BCUT2D eigenvalue weighted by Crippen LogP contribution is 2.24. The predicted octanol–water partition coefficient (Wildman–Crippen LogP) is 3.18. The molecule has 1 atom stereocenters. The van der Waals surface area contributed by atoms with Gasteiger partial charge in [-0.05, 0) is 37.8 Å². The zero-order valence-corrected chi connectivity index (χ0v) is 12.2. The van der Waals surface area contributed by atoms with Gasteiger partial charge in [-0.25, -0.2) is 0 Å². The Bertz CT molecular complexity index is 338. The Hall–Kier alpha value is -0.870. The van der Waals surface area contributed by atoms with Gasteiger partial charge >= 0.3 is 0 Å². The Morgan fingerprint density at radius 2 is 2.11 bits per heavy atom. The normalized spacial score (nSPS) is 12.4. The van der Waals surface area contributed by atoms with Gasteiger partial charge in [0.1, 0.15) is 0 Å². The van der Waals surface area contributed by atoms with Crippen LogP contribution in [0, 0.1) is 0 Å². The van der Waals surface area contributed by atoms with Crippen molar-refractivity contribution in [3.8, 4) is 0 Å². The Labute approximate surface area is 114 Å². The standard InChI is InChI=1S/C14H24N2OS/c1-12(13-8-7-11-18-13)16(2)14(17)9-5-3-4-6-10-15/h7-8,11-12H,3-6,9-10,15H2,1-2H3. The van der Waals surface area contributed by atoms with Gasteiger partial charge in [-0.1, -0.05) is 18.9 Å². The molecule has 0 saturated carbocycles. The van der Waals surface area contributed by atoms with E-state index in [4.69, 9.17) is 5.73 Å². The number of hydrogen-bond donors (Lipinski definition) is 1. The molecule has 0 saturated heterocycles. The van der Waals surface area contributed by atoms with Crippen LogP contribution >= 0.6 is 11.3 Å². The summed E-state index contributed by atoms with van der Waals surface area (Å²) in [6, 6.07) is 4.30. The molecule has 0 aliphatic carbocycles. The van der Waals surface area contributed by atoms with E-state index >= 15 is 0 Å². The molecule has 18 heavy (non-hydrogen) atoms. The lowest BCUT2D eigenvalue weighted by atomic mass is 10.1. The molecule has 1 rings (SSSR count). The smallest absolute Gasteiger partial charge is 0.222 e. The Kier molecular flexibility index (Phi) is 6.98. The first-order valence-electron chi connectivity index (χ1n) is 6.66. The molecular formula is C14H24N2OS. The van der Waals surface area contributed by atoms with E-state index in [1.54, 1.807) is 11.3 Å². The lowest BCUT2D eigenvalue weighted by Gasteiger charge is -2.24. The molecule has 4 heteroatoms. The van der Waals surface area contributed by atoms with Crippen LogP contribution < -0.4 is 5.73 Å². The van der Waals surface area contributed by atoms with Crippen LogP contribution in [-0.4, -0.2) is 24.4 Å². The van der Waals surface area contributed by atoms with Crippen LogP contribution in [0.2, 0.25) is 0 Å². The van der Waals surface area contributed by atoms with Crippen molar-refractivity contribution < 1.29 is 4.79 Å². The lowest BCUT2D eigenvalue weighted by Crippen LogP contribution is -2.28. The third-order valence-corrected chi connectivity index (χ3v) is 4.32. The molecule has 0 radical (unpaired) electrons. The SMILES string of the molecule is CC(c1cccs1)N(C)C(=O)CCCCCCN. The molecular weight excluding hydrogens is 244 g/mol. The van der Waals surface area contributed by atoms with Crippen LogP contribution in [0.3, 0.4) is 0 Å². The first-order valence-corrected chi connectivity index (χ1v) is 7.54.